The molecule has 2 fully saturated rings. The molecule has 4 heterocycles. The van der Waals surface area contributed by atoms with Gasteiger partial charge in [0.05, 0.1) is 31.2 Å². The van der Waals surface area contributed by atoms with Gasteiger partial charge in [0.15, 0.2) is 0 Å². The molecule has 0 amide bonds. The lowest BCUT2D eigenvalue weighted by Gasteiger charge is -2.47. The molecule has 0 radical (unpaired) electrons. The summed E-state index contributed by atoms with van der Waals surface area (Å²) in [5, 5.41) is 0. The third-order valence-electron chi connectivity index (χ3n) is 4.57. The van der Waals surface area contributed by atoms with Crippen LogP contribution in [0.15, 0.2) is 41.0 Å². The largest absolute Gasteiger partial charge is 0.468 e. The molecule has 0 bridgehead atoms. The van der Waals surface area contributed by atoms with Crippen molar-refractivity contribution in [2.24, 2.45) is 0 Å². The summed E-state index contributed by atoms with van der Waals surface area (Å²) in [4.78, 5) is 6.96. The first-order valence-corrected chi connectivity index (χ1v) is 9.12. The quantitative estimate of drug-likeness (QED) is 0.841. The molecule has 1 atom stereocenters. The van der Waals surface area contributed by atoms with E-state index in [9.17, 15) is 0 Å². The smallest absolute Gasteiger partial charge is 0.117 e. The Hall–Kier alpha value is -1.30. The molecule has 0 aliphatic carbocycles. The van der Waals surface area contributed by atoms with E-state index in [0.29, 0.717) is 17.5 Å². The van der Waals surface area contributed by atoms with Gasteiger partial charge in [0.2, 0.25) is 0 Å². The number of hydrogen-bond donors (Lipinski definition) is 0. The molecule has 4 nitrogen and oxygen atoms in total. The molecule has 5 heteroatoms. The van der Waals surface area contributed by atoms with Gasteiger partial charge >= 0.3 is 0 Å². The molecule has 0 unspecified atom stereocenters. The number of ether oxygens (including phenoxy) is 1. The van der Waals surface area contributed by atoms with E-state index in [2.05, 4.69) is 21.6 Å². The van der Waals surface area contributed by atoms with Crippen LogP contribution in [-0.4, -0.2) is 39.6 Å². The van der Waals surface area contributed by atoms with Crippen LogP contribution in [-0.2, 0) is 17.9 Å². The molecule has 122 valence electrons. The van der Waals surface area contributed by atoms with Crippen molar-refractivity contribution >= 4 is 11.8 Å². The van der Waals surface area contributed by atoms with Crippen molar-refractivity contribution in [3.8, 4) is 0 Å². The maximum atomic E-state index is 6.10. The highest BCUT2D eigenvalue weighted by atomic mass is 32.2. The minimum Gasteiger partial charge on any atom is -0.468 e. The Morgan fingerprint density at radius 1 is 1.35 bits per heavy atom. The number of likely N-dealkylation sites (tertiary alicyclic amines) is 1. The summed E-state index contributed by atoms with van der Waals surface area (Å²) in [6, 6.07) is 10.1. The van der Waals surface area contributed by atoms with Gasteiger partial charge in [-0.15, -0.1) is 11.8 Å². The highest BCUT2D eigenvalue weighted by Gasteiger charge is 2.49. The van der Waals surface area contributed by atoms with E-state index in [1.807, 2.05) is 37.3 Å². The fourth-order valence-electron chi connectivity index (χ4n) is 3.52. The number of furan rings is 1. The predicted octanol–water partition coefficient (Wildman–Crippen LogP) is 3.26. The number of rotatable bonds is 5. The van der Waals surface area contributed by atoms with Gasteiger partial charge in [-0.05, 0) is 37.6 Å². The van der Waals surface area contributed by atoms with Crippen LogP contribution in [0.1, 0.15) is 23.6 Å². The maximum Gasteiger partial charge on any atom is 0.117 e. The number of pyridine rings is 1. The Morgan fingerprint density at radius 3 is 3.04 bits per heavy atom. The number of nitrogens with zero attached hydrogens (tertiary/aromatic N) is 2. The molecule has 2 aliphatic rings. The van der Waals surface area contributed by atoms with Crippen molar-refractivity contribution < 1.29 is 9.15 Å². The van der Waals surface area contributed by atoms with Crippen molar-refractivity contribution in [1.82, 2.24) is 9.88 Å². The lowest BCUT2D eigenvalue weighted by atomic mass is 9.93. The summed E-state index contributed by atoms with van der Waals surface area (Å²) >= 11 is 2.08. The average molecular weight is 330 g/mol. The van der Waals surface area contributed by atoms with Gasteiger partial charge < -0.3 is 9.15 Å². The van der Waals surface area contributed by atoms with Gasteiger partial charge in [0.25, 0.3) is 0 Å². The Kier molecular flexibility index (Phi) is 4.18. The second kappa shape index (κ2) is 6.30. The summed E-state index contributed by atoms with van der Waals surface area (Å²) in [6.45, 7) is 5.85. The van der Waals surface area contributed by atoms with Crippen LogP contribution in [0.25, 0.3) is 0 Å². The van der Waals surface area contributed by atoms with Gasteiger partial charge in [-0.3, -0.25) is 9.88 Å². The van der Waals surface area contributed by atoms with Crippen LogP contribution in [0, 0.1) is 6.92 Å². The predicted molar refractivity (Wildman–Crippen MR) is 91.3 cm³/mol. The van der Waals surface area contributed by atoms with E-state index in [-0.39, 0.29) is 0 Å². The third-order valence-corrected chi connectivity index (χ3v) is 6.15. The molecule has 23 heavy (non-hydrogen) atoms. The zero-order valence-electron chi connectivity index (χ0n) is 13.4. The van der Waals surface area contributed by atoms with Crippen molar-refractivity contribution in [2.45, 2.75) is 37.3 Å². The van der Waals surface area contributed by atoms with Crippen LogP contribution >= 0.6 is 11.8 Å². The molecule has 0 N–H and O–H groups in total. The number of hydrogen-bond acceptors (Lipinski definition) is 5. The summed E-state index contributed by atoms with van der Waals surface area (Å²) < 4.78 is 11.9. The third kappa shape index (κ3) is 3.47. The Bertz CT molecular complexity index is 653. The van der Waals surface area contributed by atoms with Crippen LogP contribution in [0.2, 0.25) is 0 Å². The van der Waals surface area contributed by atoms with Gasteiger partial charge in [-0.25, -0.2) is 0 Å². The zero-order valence-corrected chi connectivity index (χ0v) is 14.2. The minimum absolute atomic E-state index is 0.355. The maximum absolute atomic E-state index is 6.10. The summed E-state index contributed by atoms with van der Waals surface area (Å²) in [5.41, 5.74) is 2.08. The molecular weight excluding hydrogens is 308 g/mol. The first-order valence-electron chi connectivity index (χ1n) is 8.14. The first-order chi connectivity index (χ1) is 11.2. The van der Waals surface area contributed by atoms with Gasteiger partial charge in [-0.2, -0.15) is 0 Å². The molecule has 2 aromatic rings. The van der Waals surface area contributed by atoms with E-state index in [0.717, 1.165) is 49.0 Å². The minimum atomic E-state index is 0.355. The van der Waals surface area contributed by atoms with Gasteiger partial charge in [0.1, 0.15) is 5.76 Å². The lowest BCUT2D eigenvalue weighted by molar-refractivity contribution is 0.0237. The Labute approximate surface area is 141 Å². The summed E-state index contributed by atoms with van der Waals surface area (Å²) in [5.74, 6) is 2.15. The molecule has 2 aliphatic heterocycles. The fourth-order valence-corrected chi connectivity index (χ4v) is 5.12. The second-order valence-corrected chi connectivity index (χ2v) is 8.11. The monoisotopic (exact) mass is 330 g/mol. The molecular formula is C18H22N2O2S. The topological polar surface area (TPSA) is 38.5 Å². The van der Waals surface area contributed by atoms with Crippen molar-refractivity contribution in [1.29, 1.82) is 0 Å². The SMILES string of the molecule is Cc1cccc(CO[C@@H]2CSC3(C2)CN(Cc2ccco2)C3)n1. The van der Waals surface area contributed by atoms with E-state index in [4.69, 9.17) is 9.15 Å². The van der Waals surface area contributed by atoms with Crippen LogP contribution < -0.4 is 0 Å². The number of thioether (sulfide) groups is 1. The van der Waals surface area contributed by atoms with E-state index < -0.39 is 0 Å². The molecule has 1 spiro atoms. The number of aryl methyl sites for hydroxylation is 1. The van der Waals surface area contributed by atoms with E-state index in [1.54, 1.807) is 6.26 Å². The van der Waals surface area contributed by atoms with Crippen LogP contribution in [0.4, 0.5) is 0 Å². The standard InChI is InChI=1S/C18H22N2O2S/c1-14-4-2-5-15(19-14)10-22-17-8-18(23-11-17)12-20(13-18)9-16-6-3-7-21-16/h2-7,17H,8-13H2,1H3/t17-/m0/s1. The molecule has 0 saturated carbocycles. The molecule has 4 rings (SSSR count). The summed E-state index contributed by atoms with van der Waals surface area (Å²) in [6.07, 6.45) is 3.25. The van der Waals surface area contributed by atoms with Gasteiger partial charge in [0, 0.05) is 29.3 Å². The van der Waals surface area contributed by atoms with Crippen molar-refractivity contribution in [3.05, 3.63) is 53.7 Å². The van der Waals surface area contributed by atoms with Gasteiger partial charge in [-0.1, -0.05) is 6.07 Å². The summed E-state index contributed by atoms with van der Waals surface area (Å²) in [7, 11) is 0. The zero-order chi connectivity index (χ0) is 15.7. The van der Waals surface area contributed by atoms with Crippen LogP contribution in [0.5, 0.6) is 0 Å². The fraction of sp³-hybridized carbons (Fsp3) is 0.500. The molecule has 2 saturated heterocycles. The van der Waals surface area contributed by atoms with E-state index in [1.165, 1.54) is 0 Å². The Morgan fingerprint density at radius 2 is 2.26 bits per heavy atom. The second-order valence-electron chi connectivity index (χ2n) is 6.63. The molecule has 2 aromatic heterocycles. The van der Waals surface area contributed by atoms with Crippen molar-refractivity contribution in [3.63, 3.8) is 0 Å². The van der Waals surface area contributed by atoms with Crippen LogP contribution in [0.3, 0.4) is 0 Å². The molecule has 0 aromatic carbocycles. The number of aromatic nitrogens is 1. The highest BCUT2D eigenvalue weighted by Crippen LogP contribution is 2.46. The average Bonchev–Trinajstić information content (AvgIpc) is 3.15. The first kappa shape index (κ1) is 15.2. The normalized spacial score (nSPS) is 23.3. The lowest BCUT2D eigenvalue weighted by Crippen LogP contribution is -2.58. The van der Waals surface area contributed by atoms with E-state index >= 15 is 0 Å². The highest BCUT2D eigenvalue weighted by molar-refractivity contribution is 8.01. The van der Waals surface area contributed by atoms with Crippen molar-refractivity contribution in [2.75, 3.05) is 18.8 Å². The Balaban J connectivity index is 1.24.